The minimum atomic E-state index is -0.178. The quantitative estimate of drug-likeness (QED) is 0.792. The van der Waals surface area contributed by atoms with Crippen LogP contribution in [0.2, 0.25) is 0 Å². The van der Waals surface area contributed by atoms with Crippen LogP contribution in [0.5, 0.6) is 0 Å². The molecule has 3 heteroatoms. The lowest BCUT2D eigenvalue weighted by molar-refractivity contribution is 0.154. The molecule has 1 aliphatic heterocycles. The number of benzene rings is 1. The van der Waals surface area contributed by atoms with E-state index in [1.165, 1.54) is 16.8 Å². The van der Waals surface area contributed by atoms with Gasteiger partial charge in [-0.3, -0.25) is 0 Å². The van der Waals surface area contributed by atoms with Crippen LogP contribution in [0.15, 0.2) is 18.2 Å². The smallest absolute Gasteiger partial charge is 0.0715 e. The van der Waals surface area contributed by atoms with Crippen molar-refractivity contribution in [3.63, 3.8) is 0 Å². The molecule has 88 valence electrons. The van der Waals surface area contributed by atoms with Crippen LogP contribution in [0.1, 0.15) is 24.0 Å². The number of anilines is 1. The van der Waals surface area contributed by atoms with Crippen LogP contribution >= 0.6 is 0 Å². The van der Waals surface area contributed by atoms with E-state index in [2.05, 4.69) is 30.0 Å². The van der Waals surface area contributed by atoms with Crippen molar-refractivity contribution in [1.82, 2.24) is 0 Å². The second-order valence-corrected chi connectivity index (χ2v) is 4.57. The number of hydrogen-bond acceptors (Lipinski definition) is 3. The van der Waals surface area contributed by atoms with E-state index in [-0.39, 0.29) is 6.10 Å². The molecule has 0 saturated carbocycles. The number of hydrogen-bond donors (Lipinski definition) is 2. The number of aliphatic hydroxyl groups excluding tert-OH is 1. The van der Waals surface area contributed by atoms with Gasteiger partial charge in [-0.1, -0.05) is 12.1 Å². The van der Waals surface area contributed by atoms with E-state index in [0.29, 0.717) is 6.54 Å². The van der Waals surface area contributed by atoms with Crippen LogP contribution in [-0.4, -0.2) is 24.3 Å². The fourth-order valence-corrected chi connectivity index (χ4v) is 2.37. The van der Waals surface area contributed by atoms with Crippen molar-refractivity contribution in [3.05, 3.63) is 29.3 Å². The minimum Gasteiger partial charge on any atom is -0.391 e. The number of β-amino-alcohol motifs (C(OH)–C–C–N with tert-alkyl or cyclic N) is 1. The van der Waals surface area contributed by atoms with Gasteiger partial charge in [0.05, 0.1) is 6.10 Å². The summed E-state index contributed by atoms with van der Waals surface area (Å²) in [6.45, 7) is 4.49. The highest BCUT2D eigenvalue weighted by molar-refractivity contribution is 5.54. The van der Waals surface area contributed by atoms with Crippen molar-refractivity contribution in [3.8, 4) is 0 Å². The largest absolute Gasteiger partial charge is 0.391 e. The molecule has 16 heavy (non-hydrogen) atoms. The van der Waals surface area contributed by atoms with Crippen molar-refractivity contribution < 1.29 is 5.11 Å². The molecule has 3 nitrogen and oxygen atoms in total. The molecule has 1 saturated heterocycles. The number of piperidine rings is 1. The Labute approximate surface area is 96.9 Å². The number of rotatable bonds is 2. The molecule has 0 aromatic heterocycles. The van der Waals surface area contributed by atoms with Gasteiger partial charge in [-0.05, 0) is 37.0 Å². The Balaban J connectivity index is 2.19. The highest BCUT2D eigenvalue weighted by Crippen LogP contribution is 2.24. The summed E-state index contributed by atoms with van der Waals surface area (Å²) in [6, 6.07) is 6.33. The maximum absolute atomic E-state index is 9.67. The molecule has 1 aromatic rings. The highest BCUT2D eigenvalue weighted by atomic mass is 16.3. The van der Waals surface area contributed by atoms with Crippen LogP contribution in [0, 0.1) is 6.92 Å². The van der Waals surface area contributed by atoms with E-state index in [9.17, 15) is 5.11 Å². The zero-order valence-electron chi connectivity index (χ0n) is 9.82. The molecule has 0 radical (unpaired) electrons. The molecule has 1 aliphatic rings. The normalized spacial score (nSPS) is 21.2. The fourth-order valence-electron chi connectivity index (χ4n) is 2.37. The third-order valence-electron chi connectivity index (χ3n) is 3.23. The molecule has 0 bridgehead atoms. The first-order valence-electron chi connectivity index (χ1n) is 5.93. The van der Waals surface area contributed by atoms with Crippen LogP contribution < -0.4 is 10.6 Å². The lowest BCUT2D eigenvalue weighted by atomic mass is 10.0. The molecule has 0 aliphatic carbocycles. The third-order valence-corrected chi connectivity index (χ3v) is 3.23. The summed E-state index contributed by atoms with van der Waals surface area (Å²) >= 11 is 0. The molecule has 1 unspecified atom stereocenters. The third kappa shape index (κ3) is 2.36. The summed E-state index contributed by atoms with van der Waals surface area (Å²) in [7, 11) is 0. The Morgan fingerprint density at radius 2 is 2.31 bits per heavy atom. The Morgan fingerprint density at radius 3 is 2.94 bits per heavy atom. The molecule has 3 N–H and O–H groups in total. The summed E-state index contributed by atoms with van der Waals surface area (Å²) in [6.07, 6.45) is 1.82. The van der Waals surface area contributed by atoms with Gasteiger partial charge in [0.15, 0.2) is 0 Å². The molecule has 0 spiro atoms. The second-order valence-electron chi connectivity index (χ2n) is 4.57. The fraction of sp³-hybridized carbons (Fsp3) is 0.538. The lowest BCUT2D eigenvalue weighted by Gasteiger charge is -2.33. The molecule has 1 fully saturated rings. The average Bonchev–Trinajstić information content (AvgIpc) is 2.28. The predicted octanol–water partition coefficient (Wildman–Crippen LogP) is 1.41. The van der Waals surface area contributed by atoms with Crippen LogP contribution in [0.4, 0.5) is 5.69 Å². The van der Waals surface area contributed by atoms with E-state index >= 15 is 0 Å². The van der Waals surface area contributed by atoms with E-state index < -0.39 is 0 Å². The molecule has 2 rings (SSSR count). The predicted molar refractivity (Wildman–Crippen MR) is 66.5 cm³/mol. The van der Waals surface area contributed by atoms with Gasteiger partial charge in [0.25, 0.3) is 0 Å². The number of nitrogens with zero attached hydrogens (tertiary/aromatic N) is 1. The van der Waals surface area contributed by atoms with Crippen molar-refractivity contribution >= 4 is 5.69 Å². The monoisotopic (exact) mass is 220 g/mol. The first kappa shape index (κ1) is 11.4. The van der Waals surface area contributed by atoms with Crippen LogP contribution in [-0.2, 0) is 6.54 Å². The Hall–Kier alpha value is -1.06. The van der Waals surface area contributed by atoms with Gasteiger partial charge < -0.3 is 15.7 Å². The minimum absolute atomic E-state index is 0.178. The van der Waals surface area contributed by atoms with Gasteiger partial charge in [0.1, 0.15) is 0 Å². The summed E-state index contributed by atoms with van der Waals surface area (Å²) < 4.78 is 0. The van der Waals surface area contributed by atoms with Gasteiger partial charge in [-0.15, -0.1) is 0 Å². The first-order chi connectivity index (χ1) is 7.70. The zero-order valence-corrected chi connectivity index (χ0v) is 9.82. The van der Waals surface area contributed by atoms with Crippen LogP contribution in [0.3, 0.4) is 0 Å². The van der Waals surface area contributed by atoms with Crippen molar-refractivity contribution in [1.29, 1.82) is 0 Å². The summed E-state index contributed by atoms with van der Waals surface area (Å²) in [5, 5.41) is 9.67. The van der Waals surface area contributed by atoms with E-state index in [4.69, 9.17) is 5.73 Å². The maximum atomic E-state index is 9.67. The molecule has 1 atom stereocenters. The first-order valence-corrected chi connectivity index (χ1v) is 5.93. The average molecular weight is 220 g/mol. The van der Waals surface area contributed by atoms with Crippen molar-refractivity contribution in [2.75, 3.05) is 18.0 Å². The molecule has 1 heterocycles. The Kier molecular flexibility index (Phi) is 3.46. The maximum Gasteiger partial charge on any atom is 0.0715 e. The van der Waals surface area contributed by atoms with E-state index in [0.717, 1.165) is 25.9 Å². The molecular formula is C13H20N2O. The van der Waals surface area contributed by atoms with Gasteiger partial charge in [0, 0.05) is 25.3 Å². The SMILES string of the molecule is Cc1cc(CN)ccc1N1CCCC(O)C1. The topological polar surface area (TPSA) is 49.5 Å². The van der Waals surface area contributed by atoms with Crippen LogP contribution in [0.25, 0.3) is 0 Å². The second kappa shape index (κ2) is 4.85. The molecule has 1 aromatic carbocycles. The molecular weight excluding hydrogens is 200 g/mol. The van der Waals surface area contributed by atoms with Gasteiger partial charge in [-0.25, -0.2) is 0 Å². The number of aryl methyl sites for hydroxylation is 1. The standard InChI is InChI=1S/C13H20N2O/c1-10-7-11(8-14)4-5-13(10)15-6-2-3-12(16)9-15/h4-5,7,12,16H,2-3,6,8-9,14H2,1H3. The lowest BCUT2D eigenvalue weighted by Crippen LogP contribution is -2.38. The Morgan fingerprint density at radius 1 is 1.50 bits per heavy atom. The van der Waals surface area contributed by atoms with Gasteiger partial charge in [0.2, 0.25) is 0 Å². The number of aliphatic hydroxyl groups is 1. The number of nitrogens with two attached hydrogens (primary N) is 1. The zero-order chi connectivity index (χ0) is 11.5. The van der Waals surface area contributed by atoms with Gasteiger partial charge >= 0.3 is 0 Å². The van der Waals surface area contributed by atoms with Gasteiger partial charge in [-0.2, -0.15) is 0 Å². The summed E-state index contributed by atoms with van der Waals surface area (Å²) in [4.78, 5) is 2.27. The van der Waals surface area contributed by atoms with E-state index in [1.807, 2.05) is 0 Å². The van der Waals surface area contributed by atoms with Crippen molar-refractivity contribution in [2.45, 2.75) is 32.4 Å². The summed E-state index contributed by atoms with van der Waals surface area (Å²) in [5.41, 5.74) is 9.26. The highest BCUT2D eigenvalue weighted by Gasteiger charge is 2.18. The Bertz CT molecular complexity index is 365. The molecule has 0 amide bonds. The van der Waals surface area contributed by atoms with Crippen molar-refractivity contribution in [2.24, 2.45) is 5.73 Å². The van der Waals surface area contributed by atoms with E-state index in [1.54, 1.807) is 0 Å². The summed E-state index contributed by atoms with van der Waals surface area (Å²) in [5.74, 6) is 0.